The molecule has 3 amide bonds. The number of oxime groups is 1. The average molecular weight is 735 g/mol. The number of rotatable bonds is 12. The van der Waals surface area contributed by atoms with Crippen LogP contribution in [-0.4, -0.2) is 102 Å². The third kappa shape index (κ3) is 9.33. The Morgan fingerprint density at radius 2 is 1.69 bits per heavy atom. The van der Waals surface area contributed by atoms with Crippen molar-refractivity contribution in [2.24, 2.45) is 5.16 Å². The summed E-state index contributed by atoms with van der Waals surface area (Å²) in [4.78, 5) is 44.3. The molecule has 2 aliphatic heterocycles. The minimum Gasteiger partial charge on any atom is -0.399 e. The number of hydrogen-bond acceptors (Lipinski definition) is 6. The fraction of sp³-hybridized carbons (Fsp3) is 0.429. The lowest BCUT2D eigenvalue weighted by atomic mass is 9.89. The maximum Gasteiger partial charge on any atom is 0.320 e. The highest BCUT2D eigenvalue weighted by Gasteiger charge is 2.34. The van der Waals surface area contributed by atoms with Crippen LogP contribution in [0.2, 0.25) is 20.1 Å². The number of likely N-dealkylation sites (tertiary alicyclic amines) is 1. The van der Waals surface area contributed by atoms with E-state index in [0.29, 0.717) is 44.3 Å². The van der Waals surface area contributed by atoms with Crippen molar-refractivity contribution in [2.45, 2.75) is 44.2 Å². The van der Waals surface area contributed by atoms with Gasteiger partial charge in [0.1, 0.15) is 7.11 Å². The molecule has 3 aromatic rings. The first-order chi connectivity index (χ1) is 23.1. The van der Waals surface area contributed by atoms with Crippen molar-refractivity contribution in [3.8, 4) is 0 Å². The Morgan fingerprint density at radius 1 is 0.979 bits per heavy atom. The zero-order valence-electron chi connectivity index (χ0n) is 27.1. The van der Waals surface area contributed by atoms with Crippen molar-refractivity contribution >= 4 is 64.1 Å². The lowest BCUT2D eigenvalue weighted by molar-refractivity contribution is 0.0760. The van der Waals surface area contributed by atoms with Gasteiger partial charge in [-0.15, -0.1) is 0 Å². The number of carbonyl (C=O) groups is 2. The van der Waals surface area contributed by atoms with Crippen LogP contribution in [-0.2, 0) is 11.4 Å². The molecule has 0 unspecified atom stereocenters. The predicted molar refractivity (Wildman–Crippen MR) is 193 cm³/mol. The molecule has 0 saturated carbocycles. The molecule has 1 atom stereocenters. The molecule has 2 saturated heterocycles. The van der Waals surface area contributed by atoms with Gasteiger partial charge in [-0.05, 0) is 85.8 Å². The number of benzene rings is 2. The number of nitrogens with zero attached hydrogens (tertiary/aromatic N) is 6. The van der Waals surface area contributed by atoms with Crippen LogP contribution in [0.25, 0.3) is 0 Å². The minimum atomic E-state index is -0.246. The molecule has 13 heteroatoms. The van der Waals surface area contributed by atoms with Gasteiger partial charge in [0.15, 0.2) is 0 Å². The second-order valence-electron chi connectivity index (χ2n) is 12.3. The number of amides is 3. The first-order valence-electron chi connectivity index (χ1n) is 16.1. The van der Waals surface area contributed by atoms with Gasteiger partial charge in [-0.25, -0.2) is 4.79 Å². The van der Waals surface area contributed by atoms with Crippen LogP contribution in [0.5, 0.6) is 0 Å². The summed E-state index contributed by atoms with van der Waals surface area (Å²) in [7, 11) is 3.20. The Bertz CT molecular complexity index is 1580. The van der Waals surface area contributed by atoms with Crippen LogP contribution >= 0.6 is 46.4 Å². The van der Waals surface area contributed by atoms with Gasteiger partial charge < -0.3 is 24.4 Å². The zero-order valence-corrected chi connectivity index (χ0v) is 30.1. The molecule has 9 nitrogen and oxygen atoms in total. The molecule has 0 aliphatic carbocycles. The van der Waals surface area contributed by atoms with E-state index in [9.17, 15) is 9.59 Å². The number of urea groups is 1. The van der Waals surface area contributed by atoms with Crippen LogP contribution in [0.15, 0.2) is 66.1 Å². The SMILES string of the molecule is CO/N=C(\CN(C)C(=O)c1cc(Cl)cc(Cl)c1)[C@H](CCN1CCC(N2CCCN(Cc3ccncc3)C2=O)CC1)c1ccc(Cl)c(Cl)c1. The highest BCUT2D eigenvalue weighted by Crippen LogP contribution is 2.31. The average Bonchev–Trinajstić information content (AvgIpc) is 3.07. The molecule has 2 aromatic carbocycles. The van der Waals surface area contributed by atoms with Crippen molar-refractivity contribution in [1.29, 1.82) is 0 Å². The molecule has 0 spiro atoms. The van der Waals surface area contributed by atoms with E-state index in [1.54, 1.807) is 48.6 Å². The predicted octanol–water partition coefficient (Wildman–Crippen LogP) is 7.74. The molecule has 256 valence electrons. The van der Waals surface area contributed by atoms with Gasteiger partial charge >= 0.3 is 6.03 Å². The minimum absolute atomic E-state index is 0.121. The van der Waals surface area contributed by atoms with Crippen molar-refractivity contribution in [2.75, 3.05) is 53.4 Å². The molecule has 5 rings (SSSR count). The van der Waals surface area contributed by atoms with E-state index in [4.69, 9.17) is 51.2 Å². The van der Waals surface area contributed by atoms with E-state index in [0.717, 1.165) is 63.1 Å². The highest BCUT2D eigenvalue weighted by atomic mass is 35.5. The topological polar surface area (TPSA) is 81.6 Å². The highest BCUT2D eigenvalue weighted by molar-refractivity contribution is 6.42. The summed E-state index contributed by atoms with van der Waals surface area (Å²) in [6, 6.07) is 14.6. The van der Waals surface area contributed by atoms with E-state index >= 15 is 0 Å². The van der Waals surface area contributed by atoms with Gasteiger partial charge in [0.05, 0.1) is 22.3 Å². The summed E-state index contributed by atoms with van der Waals surface area (Å²) in [5.41, 5.74) is 3.07. The maximum atomic E-state index is 13.5. The molecule has 2 aliphatic rings. The standard InChI is InChI=1S/C35H40Cl4N6O3/c1-42(34(46)26-18-27(36)21-28(37)19-26)23-33(41-48-2)30(25-4-5-31(38)32(39)20-25)10-17-43-15-8-29(9-16-43)45-14-3-13-44(35(45)47)22-24-6-11-40-12-7-24/h4-7,11-12,18-21,29-30H,3,8-10,13-17,22-23H2,1-2H3/b41-33+/t30-/m1/s1. The lowest BCUT2D eigenvalue weighted by Crippen LogP contribution is -2.55. The molecule has 3 heterocycles. The van der Waals surface area contributed by atoms with E-state index in [1.165, 1.54) is 7.11 Å². The summed E-state index contributed by atoms with van der Waals surface area (Å²) < 4.78 is 0. The monoisotopic (exact) mass is 732 g/mol. The first kappa shape index (κ1) is 36.2. The summed E-state index contributed by atoms with van der Waals surface area (Å²) in [5.74, 6) is -0.453. The normalized spacial score (nSPS) is 17.0. The van der Waals surface area contributed by atoms with Gasteiger partial charge in [-0.3, -0.25) is 9.78 Å². The maximum absolute atomic E-state index is 13.5. The number of aromatic nitrogens is 1. The smallest absolute Gasteiger partial charge is 0.320 e. The summed E-state index contributed by atoms with van der Waals surface area (Å²) in [6.07, 6.45) is 7.02. The van der Waals surface area contributed by atoms with Crippen molar-refractivity contribution in [3.63, 3.8) is 0 Å². The number of carbonyl (C=O) groups excluding carboxylic acids is 2. The van der Waals surface area contributed by atoms with Gasteiger partial charge in [0.25, 0.3) is 5.91 Å². The zero-order chi connectivity index (χ0) is 34.2. The number of pyridine rings is 1. The van der Waals surface area contributed by atoms with Crippen molar-refractivity contribution in [3.05, 3.63) is 97.7 Å². The number of piperidine rings is 1. The fourth-order valence-electron chi connectivity index (χ4n) is 6.55. The Labute approximate surface area is 302 Å². The summed E-state index contributed by atoms with van der Waals surface area (Å²) in [6.45, 7) is 4.90. The fourth-order valence-corrected chi connectivity index (χ4v) is 7.38. The van der Waals surface area contributed by atoms with Crippen molar-refractivity contribution < 1.29 is 14.4 Å². The quantitative estimate of drug-likeness (QED) is 0.141. The van der Waals surface area contributed by atoms with Crippen LogP contribution in [0.4, 0.5) is 4.79 Å². The third-order valence-electron chi connectivity index (χ3n) is 9.01. The molecule has 2 fully saturated rings. The van der Waals surface area contributed by atoms with Gasteiger partial charge in [-0.1, -0.05) is 57.6 Å². The van der Waals surface area contributed by atoms with E-state index in [1.807, 2.05) is 29.2 Å². The van der Waals surface area contributed by atoms with E-state index in [2.05, 4.69) is 19.9 Å². The third-order valence-corrected chi connectivity index (χ3v) is 10.2. The van der Waals surface area contributed by atoms with E-state index < -0.39 is 0 Å². The van der Waals surface area contributed by atoms with Crippen LogP contribution in [0, 0.1) is 0 Å². The second-order valence-corrected chi connectivity index (χ2v) is 14.0. The Kier molecular flexibility index (Phi) is 12.8. The first-order valence-corrected chi connectivity index (χ1v) is 17.6. The molecule has 0 N–H and O–H groups in total. The number of halogens is 4. The Balaban J connectivity index is 1.24. The summed E-state index contributed by atoms with van der Waals surface area (Å²) >= 11 is 25.1. The lowest BCUT2D eigenvalue weighted by Gasteiger charge is -2.43. The molecule has 0 bridgehead atoms. The van der Waals surface area contributed by atoms with Gasteiger partial charge in [0.2, 0.25) is 0 Å². The van der Waals surface area contributed by atoms with Gasteiger partial charge in [-0.2, -0.15) is 0 Å². The van der Waals surface area contributed by atoms with Crippen molar-refractivity contribution in [1.82, 2.24) is 24.6 Å². The molecular formula is C35H40Cl4N6O3. The van der Waals surface area contributed by atoms with Crippen LogP contribution in [0.3, 0.4) is 0 Å². The Morgan fingerprint density at radius 3 is 2.35 bits per heavy atom. The summed E-state index contributed by atoms with van der Waals surface area (Å²) in [5, 5.41) is 6.08. The van der Waals surface area contributed by atoms with Crippen LogP contribution in [0.1, 0.15) is 53.1 Å². The largest absolute Gasteiger partial charge is 0.399 e. The molecule has 0 radical (unpaired) electrons. The molecule has 1 aromatic heterocycles. The number of hydrogen-bond donors (Lipinski definition) is 0. The molecule has 48 heavy (non-hydrogen) atoms. The van der Waals surface area contributed by atoms with E-state index in [-0.39, 0.29) is 30.4 Å². The Hall–Kier alpha value is -3.08. The second kappa shape index (κ2) is 17.0. The van der Waals surface area contributed by atoms with Gasteiger partial charge in [0, 0.05) is 79.7 Å². The van der Waals surface area contributed by atoms with Crippen LogP contribution < -0.4 is 0 Å². The molecular weight excluding hydrogens is 694 g/mol.